The van der Waals surface area contributed by atoms with Crippen LogP contribution in [0.4, 0.5) is 0 Å². The van der Waals surface area contributed by atoms with E-state index in [0.29, 0.717) is 18.3 Å². The molecule has 3 rings (SSSR count). The summed E-state index contributed by atoms with van der Waals surface area (Å²) in [5.74, 6) is 0. The minimum atomic E-state index is 0.259. The standard InChI is InChI=1S/C18H20N4O2/c19-7-5-17-6-8-20-18(21-17)24-14-16-3-1-15(2-4-16)13-22-9-11-23-12-10-22/h1-4,6,8H,5,9-14H2. The fourth-order valence-corrected chi connectivity index (χ4v) is 2.53. The Morgan fingerprint density at radius 3 is 2.62 bits per heavy atom. The van der Waals surface area contributed by atoms with Crippen LogP contribution in [0.3, 0.4) is 0 Å². The van der Waals surface area contributed by atoms with E-state index in [0.717, 1.165) is 38.4 Å². The number of rotatable bonds is 6. The predicted octanol–water partition coefficient (Wildman–Crippen LogP) is 1.95. The average molecular weight is 324 g/mol. The van der Waals surface area contributed by atoms with Crippen molar-refractivity contribution >= 4 is 0 Å². The van der Waals surface area contributed by atoms with Crippen molar-refractivity contribution in [2.45, 2.75) is 19.6 Å². The lowest BCUT2D eigenvalue weighted by Crippen LogP contribution is -2.35. The first kappa shape index (κ1) is 16.4. The van der Waals surface area contributed by atoms with Gasteiger partial charge in [0, 0.05) is 25.8 Å². The molecule has 0 unspecified atom stereocenters. The molecule has 0 N–H and O–H groups in total. The van der Waals surface area contributed by atoms with Crippen LogP contribution in [-0.2, 0) is 24.3 Å². The van der Waals surface area contributed by atoms with Crippen molar-refractivity contribution in [2.75, 3.05) is 26.3 Å². The van der Waals surface area contributed by atoms with E-state index in [9.17, 15) is 0 Å². The fourth-order valence-electron chi connectivity index (χ4n) is 2.53. The Labute approximate surface area is 141 Å². The maximum absolute atomic E-state index is 8.70. The van der Waals surface area contributed by atoms with E-state index in [1.165, 1.54) is 5.56 Å². The molecular formula is C18H20N4O2. The predicted molar refractivity (Wildman–Crippen MR) is 88.2 cm³/mol. The summed E-state index contributed by atoms with van der Waals surface area (Å²) in [5, 5.41) is 8.70. The van der Waals surface area contributed by atoms with Gasteiger partial charge in [0.1, 0.15) is 6.61 Å². The monoisotopic (exact) mass is 324 g/mol. The van der Waals surface area contributed by atoms with Gasteiger partial charge in [-0.3, -0.25) is 4.90 Å². The van der Waals surface area contributed by atoms with Crippen molar-refractivity contribution in [1.29, 1.82) is 5.26 Å². The number of ether oxygens (including phenoxy) is 2. The molecule has 0 saturated carbocycles. The third-order valence-electron chi connectivity index (χ3n) is 3.85. The Balaban J connectivity index is 1.52. The summed E-state index contributed by atoms with van der Waals surface area (Å²) in [6.45, 7) is 4.97. The second-order valence-electron chi connectivity index (χ2n) is 5.66. The van der Waals surface area contributed by atoms with Gasteiger partial charge >= 0.3 is 6.01 Å². The second kappa shape index (κ2) is 8.39. The highest BCUT2D eigenvalue weighted by Gasteiger charge is 2.10. The molecule has 1 aromatic heterocycles. The van der Waals surface area contributed by atoms with Crippen LogP contribution >= 0.6 is 0 Å². The molecule has 6 heteroatoms. The van der Waals surface area contributed by atoms with Crippen LogP contribution in [0.5, 0.6) is 6.01 Å². The van der Waals surface area contributed by atoms with Crippen molar-refractivity contribution in [3.63, 3.8) is 0 Å². The Hall–Kier alpha value is -2.49. The van der Waals surface area contributed by atoms with Gasteiger partial charge in [0.05, 0.1) is 31.4 Å². The van der Waals surface area contributed by atoms with Crippen LogP contribution in [0, 0.1) is 11.3 Å². The molecule has 1 fully saturated rings. The molecule has 6 nitrogen and oxygen atoms in total. The highest BCUT2D eigenvalue weighted by molar-refractivity contribution is 5.22. The average Bonchev–Trinajstić information content (AvgIpc) is 2.63. The van der Waals surface area contributed by atoms with Gasteiger partial charge in [-0.15, -0.1) is 0 Å². The summed E-state index contributed by atoms with van der Waals surface area (Å²) in [5.41, 5.74) is 3.02. The molecule has 1 aliphatic rings. The van der Waals surface area contributed by atoms with Gasteiger partial charge < -0.3 is 9.47 Å². The van der Waals surface area contributed by atoms with Crippen LogP contribution in [0.2, 0.25) is 0 Å². The number of hydrogen-bond acceptors (Lipinski definition) is 6. The molecule has 0 amide bonds. The first-order valence-corrected chi connectivity index (χ1v) is 8.03. The molecular weight excluding hydrogens is 304 g/mol. The minimum Gasteiger partial charge on any atom is -0.459 e. The zero-order valence-corrected chi connectivity index (χ0v) is 13.5. The molecule has 0 radical (unpaired) electrons. The lowest BCUT2D eigenvalue weighted by molar-refractivity contribution is 0.0342. The number of morpholine rings is 1. The Morgan fingerprint density at radius 1 is 1.12 bits per heavy atom. The van der Waals surface area contributed by atoms with Gasteiger partial charge in [0.2, 0.25) is 0 Å². The van der Waals surface area contributed by atoms with Crippen LogP contribution in [0.1, 0.15) is 16.8 Å². The summed E-state index contributed by atoms with van der Waals surface area (Å²) in [4.78, 5) is 10.7. The molecule has 2 aromatic rings. The number of benzene rings is 1. The smallest absolute Gasteiger partial charge is 0.316 e. The lowest BCUT2D eigenvalue weighted by atomic mass is 10.1. The zero-order valence-electron chi connectivity index (χ0n) is 13.5. The zero-order chi connectivity index (χ0) is 16.6. The number of hydrogen-bond donors (Lipinski definition) is 0. The van der Waals surface area contributed by atoms with E-state index in [1.54, 1.807) is 12.3 Å². The highest BCUT2D eigenvalue weighted by Crippen LogP contribution is 2.11. The third-order valence-corrected chi connectivity index (χ3v) is 3.85. The SMILES string of the molecule is N#CCc1ccnc(OCc2ccc(CN3CCOCC3)cc2)n1. The molecule has 2 heterocycles. The summed E-state index contributed by atoms with van der Waals surface area (Å²) >= 11 is 0. The van der Waals surface area contributed by atoms with Crippen LogP contribution < -0.4 is 4.74 Å². The Kier molecular flexibility index (Phi) is 5.72. The largest absolute Gasteiger partial charge is 0.459 e. The van der Waals surface area contributed by atoms with E-state index in [4.69, 9.17) is 14.7 Å². The number of nitrogens with zero attached hydrogens (tertiary/aromatic N) is 4. The number of aromatic nitrogens is 2. The van der Waals surface area contributed by atoms with Crippen molar-refractivity contribution < 1.29 is 9.47 Å². The van der Waals surface area contributed by atoms with Gasteiger partial charge in [-0.25, -0.2) is 4.98 Å². The number of nitriles is 1. The van der Waals surface area contributed by atoms with Gasteiger partial charge in [-0.2, -0.15) is 10.2 Å². The third kappa shape index (κ3) is 4.75. The Bertz CT molecular complexity index is 691. The maximum atomic E-state index is 8.70. The maximum Gasteiger partial charge on any atom is 0.316 e. The molecule has 0 atom stereocenters. The molecule has 0 aliphatic carbocycles. The van der Waals surface area contributed by atoms with Gasteiger partial charge in [-0.1, -0.05) is 24.3 Å². The molecule has 1 aliphatic heterocycles. The quantitative estimate of drug-likeness (QED) is 0.809. The second-order valence-corrected chi connectivity index (χ2v) is 5.66. The Morgan fingerprint density at radius 2 is 1.88 bits per heavy atom. The van der Waals surface area contributed by atoms with Gasteiger partial charge in [0.25, 0.3) is 0 Å². The topological polar surface area (TPSA) is 71.3 Å². The molecule has 0 spiro atoms. The van der Waals surface area contributed by atoms with E-state index in [2.05, 4.69) is 45.2 Å². The molecule has 1 saturated heterocycles. The summed E-state index contributed by atoms with van der Waals surface area (Å²) in [6, 6.07) is 12.5. The summed E-state index contributed by atoms with van der Waals surface area (Å²) in [7, 11) is 0. The molecule has 124 valence electrons. The van der Waals surface area contributed by atoms with Gasteiger partial charge in [0.15, 0.2) is 0 Å². The van der Waals surface area contributed by atoms with E-state index < -0.39 is 0 Å². The van der Waals surface area contributed by atoms with Crippen molar-refractivity contribution in [1.82, 2.24) is 14.9 Å². The lowest BCUT2D eigenvalue weighted by Gasteiger charge is -2.26. The minimum absolute atomic E-state index is 0.259. The van der Waals surface area contributed by atoms with Crippen molar-refractivity contribution in [2.24, 2.45) is 0 Å². The highest BCUT2D eigenvalue weighted by atomic mass is 16.5. The van der Waals surface area contributed by atoms with Crippen LogP contribution in [-0.4, -0.2) is 41.2 Å². The fraction of sp³-hybridized carbons (Fsp3) is 0.389. The van der Waals surface area contributed by atoms with Crippen molar-refractivity contribution in [3.05, 3.63) is 53.3 Å². The normalized spacial score (nSPS) is 15.0. The summed E-state index contributed by atoms with van der Waals surface area (Å²) < 4.78 is 11.0. The first-order valence-electron chi connectivity index (χ1n) is 8.03. The van der Waals surface area contributed by atoms with E-state index in [-0.39, 0.29) is 6.42 Å². The van der Waals surface area contributed by atoms with Gasteiger partial charge in [-0.05, 0) is 17.2 Å². The van der Waals surface area contributed by atoms with Crippen LogP contribution in [0.25, 0.3) is 0 Å². The summed E-state index contributed by atoms with van der Waals surface area (Å²) in [6.07, 6.45) is 1.87. The van der Waals surface area contributed by atoms with E-state index >= 15 is 0 Å². The van der Waals surface area contributed by atoms with E-state index in [1.807, 2.05) is 0 Å². The molecule has 1 aromatic carbocycles. The molecule has 0 bridgehead atoms. The van der Waals surface area contributed by atoms with Crippen molar-refractivity contribution in [3.8, 4) is 12.1 Å². The first-order chi connectivity index (χ1) is 11.8. The van der Waals surface area contributed by atoms with Crippen LogP contribution in [0.15, 0.2) is 36.5 Å². The molecule has 24 heavy (non-hydrogen) atoms.